The van der Waals surface area contributed by atoms with E-state index in [2.05, 4.69) is 20.8 Å². The molecule has 1 fully saturated rings. The van der Waals surface area contributed by atoms with E-state index in [1.54, 1.807) is 14.2 Å². The molecule has 4 nitrogen and oxygen atoms in total. The monoisotopic (exact) mass is 361 g/mol. The molecule has 1 heterocycles. The lowest BCUT2D eigenvalue weighted by atomic mass is 9.95. The molecule has 0 atom stereocenters. The minimum atomic E-state index is -0.307. The summed E-state index contributed by atoms with van der Waals surface area (Å²) in [5, 5.41) is 0. The second-order valence-electron chi connectivity index (χ2n) is 5.11. The van der Waals surface area contributed by atoms with E-state index in [0.717, 1.165) is 31.6 Å². The predicted molar refractivity (Wildman–Crippen MR) is 83.4 cm³/mol. The van der Waals surface area contributed by atoms with Crippen molar-refractivity contribution < 1.29 is 18.6 Å². The largest absolute Gasteiger partial charge is 0.495 e. The van der Waals surface area contributed by atoms with E-state index in [9.17, 15) is 4.39 Å². The van der Waals surface area contributed by atoms with Gasteiger partial charge in [-0.15, -0.1) is 0 Å². The molecule has 0 saturated carbocycles. The number of anilines is 1. The van der Waals surface area contributed by atoms with Gasteiger partial charge in [-0.2, -0.15) is 0 Å². The smallest absolute Gasteiger partial charge is 0.159 e. The van der Waals surface area contributed by atoms with Crippen molar-refractivity contribution >= 4 is 21.6 Å². The van der Waals surface area contributed by atoms with Crippen molar-refractivity contribution in [3.05, 3.63) is 22.4 Å². The van der Waals surface area contributed by atoms with Gasteiger partial charge in [0.15, 0.2) is 6.29 Å². The van der Waals surface area contributed by atoms with Crippen LogP contribution in [0, 0.1) is 11.7 Å². The molecule has 2 rings (SSSR count). The number of methoxy groups -OCH3 is 3. The van der Waals surface area contributed by atoms with Crippen LogP contribution in [-0.2, 0) is 9.47 Å². The number of nitrogens with zero attached hydrogens (tertiary/aromatic N) is 1. The normalized spacial score (nSPS) is 16.6. The van der Waals surface area contributed by atoms with Gasteiger partial charge in [-0.1, -0.05) is 0 Å². The van der Waals surface area contributed by atoms with E-state index in [-0.39, 0.29) is 12.1 Å². The van der Waals surface area contributed by atoms with Crippen LogP contribution in [0.5, 0.6) is 5.75 Å². The van der Waals surface area contributed by atoms with Gasteiger partial charge < -0.3 is 19.1 Å². The number of halogens is 2. The number of benzene rings is 1. The molecule has 21 heavy (non-hydrogen) atoms. The standard InChI is InChI=1S/C15H21BrFNO3/c1-19-13-9-11(8-12(17)14(13)16)18-6-4-10(5-7-18)15(20-2)21-3/h8-10,15H,4-7H2,1-3H3. The van der Waals surface area contributed by atoms with E-state index in [4.69, 9.17) is 14.2 Å². The van der Waals surface area contributed by atoms with Crippen LogP contribution in [0.2, 0.25) is 0 Å². The quantitative estimate of drug-likeness (QED) is 0.751. The fraction of sp³-hybridized carbons (Fsp3) is 0.600. The average Bonchev–Trinajstić information content (AvgIpc) is 2.52. The summed E-state index contributed by atoms with van der Waals surface area (Å²) >= 11 is 3.19. The van der Waals surface area contributed by atoms with Gasteiger partial charge in [0.25, 0.3) is 0 Å². The Morgan fingerprint density at radius 2 is 1.81 bits per heavy atom. The van der Waals surface area contributed by atoms with Gasteiger partial charge in [0, 0.05) is 45.0 Å². The second kappa shape index (κ2) is 7.42. The van der Waals surface area contributed by atoms with Crippen LogP contribution in [0.4, 0.5) is 10.1 Å². The molecule has 0 amide bonds. The lowest BCUT2D eigenvalue weighted by Crippen LogP contribution is -2.39. The fourth-order valence-electron chi connectivity index (χ4n) is 2.79. The zero-order chi connectivity index (χ0) is 15.4. The molecular weight excluding hydrogens is 341 g/mol. The van der Waals surface area contributed by atoms with Crippen molar-refractivity contribution in [3.8, 4) is 5.75 Å². The highest BCUT2D eigenvalue weighted by atomic mass is 79.9. The summed E-state index contributed by atoms with van der Waals surface area (Å²) < 4.78 is 30.1. The Balaban J connectivity index is 2.07. The van der Waals surface area contributed by atoms with E-state index in [1.807, 2.05) is 6.07 Å². The summed E-state index contributed by atoms with van der Waals surface area (Å²) in [6.07, 6.45) is 1.74. The van der Waals surface area contributed by atoms with Crippen LogP contribution in [0.3, 0.4) is 0 Å². The topological polar surface area (TPSA) is 30.9 Å². The fourth-order valence-corrected chi connectivity index (χ4v) is 3.18. The molecule has 6 heteroatoms. The maximum atomic E-state index is 13.9. The van der Waals surface area contributed by atoms with Gasteiger partial charge in [0.05, 0.1) is 11.6 Å². The van der Waals surface area contributed by atoms with Gasteiger partial charge in [-0.25, -0.2) is 4.39 Å². The highest BCUT2D eigenvalue weighted by Gasteiger charge is 2.27. The summed E-state index contributed by atoms with van der Waals surface area (Å²) in [4.78, 5) is 2.16. The molecule has 1 saturated heterocycles. The number of hydrogen-bond donors (Lipinski definition) is 0. The molecule has 1 aromatic rings. The van der Waals surface area contributed by atoms with Crippen molar-refractivity contribution in [2.24, 2.45) is 5.92 Å². The molecule has 0 unspecified atom stereocenters. The highest BCUT2D eigenvalue weighted by Crippen LogP contribution is 2.34. The number of ether oxygens (including phenoxy) is 3. The summed E-state index contributed by atoms with van der Waals surface area (Å²) in [6, 6.07) is 3.40. The molecule has 1 aliphatic rings. The van der Waals surface area contributed by atoms with Crippen molar-refractivity contribution in [1.82, 2.24) is 0 Å². The van der Waals surface area contributed by atoms with Crippen molar-refractivity contribution in [1.29, 1.82) is 0 Å². The van der Waals surface area contributed by atoms with Crippen LogP contribution in [0.25, 0.3) is 0 Å². The third kappa shape index (κ3) is 3.67. The second-order valence-corrected chi connectivity index (χ2v) is 5.90. The van der Waals surface area contributed by atoms with Crippen LogP contribution in [-0.4, -0.2) is 40.7 Å². The third-order valence-electron chi connectivity index (χ3n) is 3.95. The maximum absolute atomic E-state index is 13.9. The molecule has 1 aromatic carbocycles. The van der Waals surface area contributed by atoms with Gasteiger partial charge >= 0.3 is 0 Å². The SMILES string of the molecule is COc1cc(N2CCC(C(OC)OC)CC2)cc(F)c1Br. The van der Waals surface area contributed by atoms with E-state index in [1.165, 1.54) is 13.2 Å². The number of piperidine rings is 1. The molecule has 0 bridgehead atoms. The van der Waals surface area contributed by atoms with Crippen LogP contribution in [0.15, 0.2) is 16.6 Å². The van der Waals surface area contributed by atoms with Gasteiger partial charge in [0.1, 0.15) is 11.6 Å². The molecule has 118 valence electrons. The lowest BCUT2D eigenvalue weighted by molar-refractivity contribution is -0.141. The Bertz CT molecular complexity index is 474. The van der Waals surface area contributed by atoms with Gasteiger partial charge in [0.2, 0.25) is 0 Å². The zero-order valence-electron chi connectivity index (χ0n) is 12.6. The molecule has 0 N–H and O–H groups in total. The summed E-state index contributed by atoms with van der Waals surface area (Å²) in [5.41, 5.74) is 0.845. The minimum Gasteiger partial charge on any atom is -0.495 e. The first kappa shape index (κ1) is 16.5. The first-order chi connectivity index (χ1) is 10.1. The van der Waals surface area contributed by atoms with E-state index >= 15 is 0 Å². The zero-order valence-corrected chi connectivity index (χ0v) is 14.2. The van der Waals surface area contributed by atoms with Gasteiger partial charge in [-0.05, 0) is 34.8 Å². The Morgan fingerprint density at radius 1 is 1.19 bits per heavy atom. The molecule has 0 spiro atoms. The first-order valence-electron chi connectivity index (χ1n) is 6.94. The Labute approximate surface area is 133 Å². The summed E-state index contributed by atoms with van der Waals surface area (Å²) in [7, 11) is 4.86. The van der Waals surface area contributed by atoms with Crippen LogP contribution >= 0.6 is 15.9 Å². The molecule has 0 aliphatic carbocycles. The van der Waals surface area contributed by atoms with Crippen LogP contribution < -0.4 is 9.64 Å². The molecular formula is C15H21BrFNO3. The Morgan fingerprint density at radius 3 is 2.33 bits per heavy atom. The van der Waals surface area contributed by atoms with Crippen molar-refractivity contribution in [2.45, 2.75) is 19.1 Å². The Kier molecular flexibility index (Phi) is 5.84. The third-order valence-corrected chi connectivity index (χ3v) is 4.72. The summed E-state index contributed by atoms with van der Waals surface area (Å²) in [5.74, 6) is 0.579. The Hall–Kier alpha value is -0.850. The van der Waals surface area contributed by atoms with Crippen molar-refractivity contribution in [2.75, 3.05) is 39.3 Å². The van der Waals surface area contributed by atoms with Crippen molar-refractivity contribution in [3.63, 3.8) is 0 Å². The van der Waals surface area contributed by atoms with Crippen LogP contribution in [0.1, 0.15) is 12.8 Å². The van der Waals surface area contributed by atoms with E-state index < -0.39 is 0 Å². The molecule has 1 aliphatic heterocycles. The first-order valence-corrected chi connectivity index (χ1v) is 7.73. The number of rotatable bonds is 5. The van der Waals surface area contributed by atoms with Gasteiger partial charge in [-0.3, -0.25) is 0 Å². The molecule has 0 aromatic heterocycles. The highest BCUT2D eigenvalue weighted by molar-refractivity contribution is 9.10. The lowest BCUT2D eigenvalue weighted by Gasteiger charge is -2.36. The average molecular weight is 362 g/mol. The number of hydrogen-bond acceptors (Lipinski definition) is 4. The molecule has 0 radical (unpaired) electrons. The van der Waals surface area contributed by atoms with E-state index in [0.29, 0.717) is 16.1 Å². The predicted octanol–water partition coefficient (Wildman–Crippen LogP) is 3.43. The minimum absolute atomic E-state index is 0.164. The summed E-state index contributed by atoms with van der Waals surface area (Å²) in [6.45, 7) is 1.69. The maximum Gasteiger partial charge on any atom is 0.159 e.